The lowest BCUT2D eigenvalue weighted by atomic mass is 10.1. The highest BCUT2D eigenvalue weighted by Crippen LogP contribution is 2.32. The molecule has 0 saturated heterocycles. The predicted octanol–water partition coefficient (Wildman–Crippen LogP) is 1.80. The van der Waals surface area contributed by atoms with Crippen molar-refractivity contribution >= 4 is 5.78 Å². The summed E-state index contributed by atoms with van der Waals surface area (Å²) in [5.41, 5.74) is 0.618. The van der Waals surface area contributed by atoms with Crippen LogP contribution in [0.25, 0.3) is 0 Å². The molecule has 2 heterocycles. The van der Waals surface area contributed by atoms with Gasteiger partial charge in [-0.05, 0) is 25.1 Å². The Morgan fingerprint density at radius 1 is 1.39 bits per heavy atom. The lowest BCUT2D eigenvalue weighted by molar-refractivity contribution is 0.0971. The Morgan fingerprint density at radius 2 is 2.22 bits per heavy atom. The summed E-state index contributed by atoms with van der Waals surface area (Å²) in [7, 11) is 0. The van der Waals surface area contributed by atoms with E-state index in [1.165, 1.54) is 0 Å². The molecule has 5 nitrogen and oxygen atoms in total. The number of fused-ring (bicyclic) bond motifs is 1. The van der Waals surface area contributed by atoms with E-state index in [9.17, 15) is 4.79 Å². The van der Waals surface area contributed by atoms with Crippen LogP contribution in [0, 0.1) is 6.92 Å². The normalized spacial score (nSPS) is 12.7. The van der Waals surface area contributed by atoms with Gasteiger partial charge in [-0.1, -0.05) is 0 Å². The number of benzene rings is 1. The first-order valence-electron chi connectivity index (χ1n) is 5.64. The van der Waals surface area contributed by atoms with Gasteiger partial charge in [0.15, 0.2) is 17.3 Å². The zero-order valence-corrected chi connectivity index (χ0v) is 9.92. The van der Waals surface area contributed by atoms with E-state index >= 15 is 0 Å². The fraction of sp³-hybridized carbons (Fsp3) is 0.231. The van der Waals surface area contributed by atoms with E-state index in [4.69, 9.17) is 9.47 Å². The summed E-state index contributed by atoms with van der Waals surface area (Å²) in [4.78, 5) is 16.2. The van der Waals surface area contributed by atoms with Crippen LogP contribution in [0.2, 0.25) is 0 Å². The molecule has 1 aliphatic rings. The molecule has 0 atom stereocenters. The fourth-order valence-electron chi connectivity index (χ4n) is 1.89. The average Bonchev–Trinajstić information content (AvgIpc) is 2.98. The smallest absolute Gasteiger partial charge is 0.231 e. The van der Waals surface area contributed by atoms with E-state index in [0.29, 0.717) is 17.1 Å². The number of ether oxygens (including phenoxy) is 2. The van der Waals surface area contributed by atoms with Crippen molar-refractivity contribution in [3.63, 3.8) is 0 Å². The summed E-state index contributed by atoms with van der Waals surface area (Å²) in [6.07, 6.45) is 3.47. The third kappa shape index (κ3) is 1.84. The maximum Gasteiger partial charge on any atom is 0.231 e. The molecular weight excluding hydrogens is 232 g/mol. The number of carbonyl (C=O) groups excluding carboxylic acids is 1. The largest absolute Gasteiger partial charge is 0.454 e. The van der Waals surface area contributed by atoms with Gasteiger partial charge in [0.2, 0.25) is 6.79 Å². The average molecular weight is 244 g/mol. The summed E-state index contributed by atoms with van der Waals surface area (Å²) in [5.74, 6) is 2.16. The van der Waals surface area contributed by atoms with E-state index in [2.05, 4.69) is 4.98 Å². The van der Waals surface area contributed by atoms with Crippen LogP contribution in [0.15, 0.2) is 30.6 Å². The minimum atomic E-state index is 0.0226. The molecule has 1 aromatic heterocycles. The number of hydrogen-bond donors (Lipinski definition) is 0. The number of ketones is 1. The zero-order valence-electron chi connectivity index (χ0n) is 9.92. The van der Waals surface area contributed by atoms with Crippen LogP contribution in [0.3, 0.4) is 0 Å². The molecule has 0 spiro atoms. The molecular formula is C13H12N2O3. The van der Waals surface area contributed by atoms with Crippen LogP contribution >= 0.6 is 0 Å². The van der Waals surface area contributed by atoms with Crippen LogP contribution in [0.4, 0.5) is 0 Å². The van der Waals surface area contributed by atoms with Gasteiger partial charge >= 0.3 is 0 Å². The molecule has 2 aromatic rings. The van der Waals surface area contributed by atoms with E-state index in [1.807, 2.05) is 11.5 Å². The van der Waals surface area contributed by atoms with Crippen molar-refractivity contribution in [3.8, 4) is 11.5 Å². The van der Waals surface area contributed by atoms with Crippen LogP contribution in [-0.2, 0) is 6.54 Å². The van der Waals surface area contributed by atoms with Crippen molar-refractivity contribution in [1.29, 1.82) is 0 Å². The maximum absolute atomic E-state index is 12.1. The Kier molecular flexibility index (Phi) is 2.51. The first-order chi connectivity index (χ1) is 8.74. The Bertz CT molecular complexity index is 604. The molecule has 1 aliphatic heterocycles. The Hall–Kier alpha value is -2.30. The van der Waals surface area contributed by atoms with Crippen molar-refractivity contribution in [1.82, 2.24) is 9.55 Å². The summed E-state index contributed by atoms with van der Waals surface area (Å²) < 4.78 is 12.3. The Morgan fingerprint density at radius 3 is 3.00 bits per heavy atom. The predicted molar refractivity (Wildman–Crippen MR) is 63.9 cm³/mol. The second kappa shape index (κ2) is 4.18. The van der Waals surface area contributed by atoms with E-state index in [1.54, 1.807) is 30.6 Å². The van der Waals surface area contributed by atoms with Gasteiger partial charge in [0, 0.05) is 18.0 Å². The molecule has 0 aliphatic carbocycles. The SMILES string of the molecule is Cc1nccn1CC(=O)c1ccc2c(c1)OCO2. The quantitative estimate of drug-likeness (QED) is 0.772. The monoisotopic (exact) mass is 244 g/mol. The second-order valence-electron chi connectivity index (χ2n) is 4.09. The van der Waals surface area contributed by atoms with Crippen molar-refractivity contribution < 1.29 is 14.3 Å². The number of aromatic nitrogens is 2. The van der Waals surface area contributed by atoms with Crippen molar-refractivity contribution in [2.24, 2.45) is 0 Å². The number of carbonyl (C=O) groups is 1. The van der Waals surface area contributed by atoms with Gasteiger partial charge in [0.05, 0.1) is 6.54 Å². The second-order valence-corrected chi connectivity index (χ2v) is 4.09. The fourth-order valence-corrected chi connectivity index (χ4v) is 1.89. The Balaban J connectivity index is 1.83. The van der Waals surface area contributed by atoms with E-state index < -0.39 is 0 Å². The van der Waals surface area contributed by atoms with E-state index in [-0.39, 0.29) is 19.1 Å². The summed E-state index contributed by atoms with van der Waals surface area (Å²) in [6, 6.07) is 5.23. The van der Waals surface area contributed by atoms with Gasteiger partial charge in [-0.3, -0.25) is 4.79 Å². The molecule has 92 valence electrons. The Labute approximate surface area is 104 Å². The standard InChI is InChI=1S/C13H12N2O3/c1-9-14-4-5-15(9)7-11(16)10-2-3-12-13(6-10)18-8-17-12/h2-6H,7-8H2,1H3. The van der Waals surface area contributed by atoms with Gasteiger partial charge < -0.3 is 14.0 Å². The van der Waals surface area contributed by atoms with Crippen LogP contribution in [0.1, 0.15) is 16.2 Å². The molecule has 1 aromatic carbocycles. The maximum atomic E-state index is 12.1. The van der Waals surface area contributed by atoms with Crippen LogP contribution < -0.4 is 9.47 Å². The lowest BCUT2D eigenvalue weighted by Crippen LogP contribution is -2.10. The highest BCUT2D eigenvalue weighted by atomic mass is 16.7. The van der Waals surface area contributed by atoms with Crippen molar-refractivity contribution in [2.45, 2.75) is 13.5 Å². The van der Waals surface area contributed by atoms with E-state index in [0.717, 1.165) is 5.82 Å². The number of hydrogen-bond acceptors (Lipinski definition) is 4. The van der Waals surface area contributed by atoms with Gasteiger partial charge in [-0.25, -0.2) is 4.98 Å². The van der Waals surface area contributed by atoms with Crippen molar-refractivity contribution in [3.05, 3.63) is 42.0 Å². The lowest BCUT2D eigenvalue weighted by Gasteiger charge is -2.05. The molecule has 0 N–H and O–H groups in total. The minimum Gasteiger partial charge on any atom is -0.454 e. The molecule has 0 fully saturated rings. The summed E-state index contributed by atoms with van der Waals surface area (Å²) >= 11 is 0. The van der Waals surface area contributed by atoms with Crippen LogP contribution in [-0.4, -0.2) is 22.1 Å². The number of aryl methyl sites for hydroxylation is 1. The van der Waals surface area contributed by atoms with Gasteiger partial charge in [0.25, 0.3) is 0 Å². The third-order valence-electron chi connectivity index (χ3n) is 2.93. The molecule has 3 rings (SSSR count). The number of imidazole rings is 1. The first kappa shape index (κ1) is 10.8. The zero-order chi connectivity index (χ0) is 12.5. The molecule has 0 radical (unpaired) electrons. The molecule has 0 bridgehead atoms. The highest BCUT2D eigenvalue weighted by molar-refractivity contribution is 5.96. The molecule has 5 heteroatoms. The molecule has 18 heavy (non-hydrogen) atoms. The van der Waals surface area contributed by atoms with Gasteiger partial charge in [0.1, 0.15) is 5.82 Å². The molecule has 0 saturated carbocycles. The van der Waals surface area contributed by atoms with Crippen molar-refractivity contribution in [2.75, 3.05) is 6.79 Å². The number of rotatable bonds is 3. The topological polar surface area (TPSA) is 53.4 Å². The minimum absolute atomic E-state index is 0.0226. The summed E-state index contributed by atoms with van der Waals surface area (Å²) in [6.45, 7) is 2.37. The number of Topliss-reactive ketones (excluding diaryl/α,β-unsaturated/α-hetero) is 1. The third-order valence-corrected chi connectivity index (χ3v) is 2.93. The summed E-state index contributed by atoms with van der Waals surface area (Å²) in [5, 5.41) is 0. The van der Waals surface area contributed by atoms with Crippen LogP contribution in [0.5, 0.6) is 11.5 Å². The van der Waals surface area contributed by atoms with Gasteiger partial charge in [-0.15, -0.1) is 0 Å². The number of nitrogens with zero attached hydrogens (tertiary/aromatic N) is 2. The van der Waals surface area contributed by atoms with Gasteiger partial charge in [-0.2, -0.15) is 0 Å². The molecule has 0 unspecified atom stereocenters. The molecule has 0 amide bonds. The first-order valence-corrected chi connectivity index (χ1v) is 5.64. The highest BCUT2D eigenvalue weighted by Gasteiger charge is 2.16.